The molecule has 0 heterocycles. The molecule has 0 aromatic heterocycles. The highest BCUT2D eigenvalue weighted by Crippen LogP contribution is 2.45. The van der Waals surface area contributed by atoms with Gasteiger partial charge in [0.25, 0.3) is 0 Å². The van der Waals surface area contributed by atoms with Crippen LogP contribution < -0.4 is 5.32 Å². The third-order valence-electron chi connectivity index (χ3n) is 4.00. The van der Waals surface area contributed by atoms with Crippen LogP contribution in [0.1, 0.15) is 40.0 Å². The molecule has 110 valence electrons. The van der Waals surface area contributed by atoms with Gasteiger partial charge < -0.3 is 10.4 Å². The van der Waals surface area contributed by atoms with E-state index >= 15 is 0 Å². The molecule has 0 radical (unpaired) electrons. The second-order valence-corrected chi connectivity index (χ2v) is 7.79. The van der Waals surface area contributed by atoms with E-state index in [-0.39, 0.29) is 5.41 Å². The molecular weight excluding hydrogens is 318 g/mol. The van der Waals surface area contributed by atoms with Gasteiger partial charge in [-0.25, -0.2) is 4.79 Å². The fraction of sp³-hybridized carbons (Fsp3) is 0.562. The van der Waals surface area contributed by atoms with E-state index in [4.69, 9.17) is 0 Å². The van der Waals surface area contributed by atoms with Gasteiger partial charge in [-0.3, -0.25) is 0 Å². The van der Waals surface area contributed by atoms with Crippen molar-refractivity contribution in [2.45, 2.75) is 45.6 Å². The van der Waals surface area contributed by atoms with Gasteiger partial charge in [0, 0.05) is 10.2 Å². The van der Waals surface area contributed by atoms with Crippen molar-refractivity contribution in [3.05, 3.63) is 28.7 Å². The Morgan fingerprint density at radius 3 is 2.65 bits per heavy atom. The summed E-state index contributed by atoms with van der Waals surface area (Å²) in [5, 5.41) is 13.1. The Labute approximate surface area is 128 Å². The molecule has 1 saturated carbocycles. The van der Waals surface area contributed by atoms with Gasteiger partial charge in [0.15, 0.2) is 0 Å². The van der Waals surface area contributed by atoms with Crippen molar-refractivity contribution >= 4 is 27.6 Å². The number of halogens is 1. The van der Waals surface area contributed by atoms with Crippen molar-refractivity contribution < 1.29 is 9.90 Å². The molecular formula is C16H22BrNO2. The Kier molecular flexibility index (Phi) is 4.14. The number of hydrogen-bond donors (Lipinski definition) is 2. The minimum Gasteiger partial charge on any atom is -0.480 e. The van der Waals surface area contributed by atoms with Crippen molar-refractivity contribution in [3.63, 3.8) is 0 Å². The number of carboxylic acid groups (broad SMARTS) is 1. The summed E-state index contributed by atoms with van der Waals surface area (Å²) in [6.45, 7) is 6.45. The molecule has 2 atom stereocenters. The zero-order valence-electron chi connectivity index (χ0n) is 12.2. The summed E-state index contributed by atoms with van der Waals surface area (Å²) in [6, 6.07) is 7.70. The molecule has 4 heteroatoms. The van der Waals surface area contributed by atoms with E-state index in [0.717, 1.165) is 16.6 Å². The number of carbonyl (C=O) groups is 1. The summed E-state index contributed by atoms with van der Waals surface area (Å²) in [7, 11) is 0. The van der Waals surface area contributed by atoms with Gasteiger partial charge in [0.1, 0.15) is 5.54 Å². The fourth-order valence-electron chi connectivity index (χ4n) is 3.73. The summed E-state index contributed by atoms with van der Waals surface area (Å²) in [5.74, 6) is -0.355. The summed E-state index contributed by atoms with van der Waals surface area (Å²) < 4.78 is 0.950. The van der Waals surface area contributed by atoms with Crippen molar-refractivity contribution in [1.82, 2.24) is 0 Å². The van der Waals surface area contributed by atoms with Crippen molar-refractivity contribution in [1.29, 1.82) is 0 Å². The molecule has 0 bridgehead atoms. The first-order chi connectivity index (χ1) is 9.22. The van der Waals surface area contributed by atoms with Gasteiger partial charge in [0.2, 0.25) is 0 Å². The summed E-state index contributed by atoms with van der Waals surface area (Å²) in [4.78, 5) is 11.9. The van der Waals surface area contributed by atoms with E-state index in [1.165, 1.54) is 0 Å². The minimum atomic E-state index is -0.873. The molecule has 0 spiro atoms. The number of anilines is 1. The Morgan fingerprint density at radius 2 is 2.10 bits per heavy atom. The third kappa shape index (κ3) is 3.35. The van der Waals surface area contributed by atoms with Crippen LogP contribution >= 0.6 is 15.9 Å². The largest absolute Gasteiger partial charge is 0.480 e. The highest BCUT2D eigenvalue weighted by Gasteiger charge is 2.48. The zero-order valence-corrected chi connectivity index (χ0v) is 13.8. The van der Waals surface area contributed by atoms with Crippen LogP contribution in [0.3, 0.4) is 0 Å². The van der Waals surface area contributed by atoms with Crippen LogP contribution in [0.5, 0.6) is 0 Å². The molecule has 1 aromatic rings. The summed E-state index contributed by atoms with van der Waals surface area (Å²) in [5.41, 5.74) is 0.0171. The van der Waals surface area contributed by atoms with E-state index in [1.807, 2.05) is 24.3 Å². The Bertz CT molecular complexity index is 515. The first kappa shape index (κ1) is 15.4. The Hall–Kier alpha value is -1.03. The third-order valence-corrected chi connectivity index (χ3v) is 4.49. The molecule has 2 rings (SSSR count). The zero-order chi connectivity index (χ0) is 15.0. The predicted molar refractivity (Wildman–Crippen MR) is 84.9 cm³/mol. The molecule has 20 heavy (non-hydrogen) atoms. The molecule has 2 N–H and O–H groups in total. The van der Waals surface area contributed by atoms with Gasteiger partial charge in [-0.05, 0) is 48.8 Å². The standard InChI is InChI=1S/C16H22BrNO2/c1-11-8-15(2,3)10-16(9-11,14(19)20)18-13-6-4-5-12(17)7-13/h4-7,11,18H,8-10H2,1-3H3,(H,19,20). The molecule has 1 aliphatic rings. The monoisotopic (exact) mass is 339 g/mol. The average molecular weight is 340 g/mol. The van der Waals surface area contributed by atoms with Crippen LogP contribution in [0.4, 0.5) is 5.69 Å². The summed E-state index contributed by atoms with van der Waals surface area (Å²) >= 11 is 3.43. The maximum absolute atomic E-state index is 11.9. The second-order valence-electron chi connectivity index (χ2n) is 6.88. The van der Waals surface area contributed by atoms with E-state index < -0.39 is 11.5 Å². The Balaban J connectivity index is 2.32. The molecule has 0 aliphatic heterocycles. The number of hydrogen-bond acceptors (Lipinski definition) is 2. The van der Waals surface area contributed by atoms with Gasteiger partial charge >= 0.3 is 5.97 Å². The highest BCUT2D eigenvalue weighted by atomic mass is 79.9. The lowest BCUT2D eigenvalue weighted by molar-refractivity contribution is -0.145. The lowest BCUT2D eigenvalue weighted by atomic mass is 9.64. The molecule has 2 unspecified atom stereocenters. The van der Waals surface area contributed by atoms with Gasteiger partial charge in [-0.15, -0.1) is 0 Å². The topological polar surface area (TPSA) is 49.3 Å². The summed E-state index contributed by atoms with van der Waals surface area (Å²) in [6.07, 6.45) is 2.38. The van der Waals surface area contributed by atoms with Crippen LogP contribution in [-0.4, -0.2) is 16.6 Å². The SMILES string of the molecule is CC1CC(C)(C)CC(Nc2cccc(Br)c2)(C(=O)O)C1. The van der Waals surface area contributed by atoms with E-state index in [0.29, 0.717) is 18.8 Å². The molecule has 3 nitrogen and oxygen atoms in total. The van der Waals surface area contributed by atoms with Crippen molar-refractivity contribution in [3.8, 4) is 0 Å². The smallest absolute Gasteiger partial charge is 0.329 e. The lowest BCUT2D eigenvalue weighted by Gasteiger charge is -2.46. The van der Waals surface area contributed by atoms with Crippen LogP contribution in [-0.2, 0) is 4.79 Å². The molecule has 0 saturated heterocycles. The fourth-order valence-corrected chi connectivity index (χ4v) is 4.13. The average Bonchev–Trinajstić information content (AvgIpc) is 2.25. The first-order valence-corrected chi connectivity index (χ1v) is 7.79. The van der Waals surface area contributed by atoms with Gasteiger partial charge in [-0.2, -0.15) is 0 Å². The molecule has 1 aromatic carbocycles. The maximum Gasteiger partial charge on any atom is 0.329 e. The van der Waals surface area contributed by atoms with Gasteiger partial charge in [-0.1, -0.05) is 42.8 Å². The normalized spacial score (nSPS) is 28.9. The minimum absolute atomic E-state index is 0.0368. The highest BCUT2D eigenvalue weighted by molar-refractivity contribution is 9.10. The van der Waals surface area contributed by atoms with Crippen LogP contribution in [0.15, 0.2) is 28.7 Å². The van der Waals surface area contributed by atoms with Crippen molar-refractivity contribution in [2.75, 3.05) is 5.32 Å². The second kappa shape index (κ2) is 5.40. The van der Waals surface area contributed by atoms with E-state index in [1.54, 1.807) is 0 Å². The predicted octanol–water partition coefficient (Wildman–Crippen LogP) is 4.53. The molecule has 1 aliphatic carbocycles. The van der Waals surface area contributed by atoms with Crippen LogP contribution in [0.2, 0.25) is 0 Å². The first-order valence-electron chi connectivity index (χ1n) is 7.00. The number of aliphatic carboxylic acids is 1. The number of carboxylic acids is 1. The van der Waals surface area contributed by atoms with Gasteiger partial charge in [0.05, 0.1) is 0 Å². The lowest BCUT2D eigenvalue weighted by Crippen LogP contribution is -2.53. The van der Waals surface area contributed by atoms with Crippen LogP contribution in [0.25, 0.3) is 0 Å². The number of nitrogens with one attached hydrogen (secondary N) is 1. The number of benzene rings is 1. The number of rotatable bonds is 3. The van der Waals surface area contributed by atoms with Crippen LogP contribution in [0, 0.1) is 11.3 Å². The van der Waals surface area contributed by atoms with E-state index in [2.05, 4.69) is 42.0 Å². The Morgan fingerprint density at radius 1 is 1.40 bits per heavy atom. The molecule has 0 amide bonds. The molecule has 1 fully saturated rings. The van der Waals surface area contributed by atoms with Crippen molar-refractivity contribution in [2.24, 2.45) is 11.3 Å². The van der Waals surface area contributed by atoms with E-state index in [9.17, 15) is 9.90 Å². The quantitative estimate of drug-likeness (QED) is 0.850. The maximum atomic E-state index is 11.9.